The van der Waals surface area contributed by atoms with Gasteiger partial charge in [-0.15, -0.1) is 6.42 Å². The third-order valence-corrected chi connectivity index (χ3v) is 4.51. The fourth-order valence-electron chi connectivity index (χ4n) is 3.24. The van der Waals surface area contributed by atoms with Crippen molar-refractivity contribution < 1.29 is 13.5 Å². The molecule has 0 spiro atoms. The molecular formula is C23H15F2NO. The van der Waals surface area contributed by atoms with E-state index >= 15 is 0 Å². The molecule has 132 valence electrons. The molecule has 0 radical (unpaired) electrons. The lowest BCUT2D eigenvalue weighted by Gasteiger charge is -2.13. The highest BCUT2D eigenvalue weighted by Gasteiger charge is 2.28. The van der Waals surface area contributed by atoms with Gasteiger partial charge >= 0.3 is 0 Å². The Morgan fingerprint density at radius 1 is 0.926 bits per heavy atom. The second kappa shape index (κ2) is 7.05. The zero-order chi connectivity index (χ0) is 18.8. The molecule has 1 aliphatic heterocycles. The molecule has 0 fully saturated rings. The van der Waals surface area contributed by atoms with E-state index in [4.69, 9.17) is 11.2 Å². The summed E-state index contributed by atoms with van der Waals surface area (Å²) in [4.78, 5) is 4.41. The fourth-order valence-corrected chi connectivity index (χ4v) is 3.24. The molecule has 4 heteroatoms. The van der Waals surface area contributed by atoms with E-state index in [0.29, 0.717) is 5.56 Å². The van der Waals surface area contributed by atoms with E-state index in [-0.39, 0.29) is 18.1 Å². The number of terminal acetylenes is 1. The summed E-state index contributed by atoms with van der Waals surface area (Å²) in [5.41, 5.74) is 3.16. The van der Waals surface area contributed by atoms with E-state index in [9.17, 15) is 8.78 Å². The lowest BCUT2D eigenvalue weighted by Crippen LogP contribution is -2.07. The molecule has 0 amide bonds. The maximum absolute atomic E-state index is 14.0. The molecule has 0 aromatic heterocycles. The van der Waals surface area contributed by atoms with Crippen LogP contribution in [-0.2, 0) is 4.74 Å². The van der Waals surface area contributed by atoms with Gasteiger partial charge in [0, 0.05) is 5.56 Å². The van der Waals surface area contributed by atoms with Gasteiger partial charge in [-0.05, 0) is 28.8 Å². The number of ether oxygens (including phenoxy) is 1. The van der Waals surface area contributed by atoms with Gasteiger partial charge in [0.25, 0.3) is 0 Å². The smallest absolute Gasteiger partial charge is 0.222 e. The van der Waals surface area contributed by atoms with Gasteiger partial charge in [-0.25, -0.2) is 13.8 Å². The quantitative estimate of drug-likeness (QED) is 0.594. The van der Waals surface area contributed by atoms with Gasteiger partial charge in [0.1, 0.15) is 29.8 Å². The first-order valence-corrected chi connectivity index (χ1v) is 8.49. The molecule has 3 aromatic carbocycles. The van der Waals surface area contributed by atoms with Crippen LogP contribution < -0.4 is 0 Å². The van der Waals surface area contributed by atoms with Gasteiger partial charge in [-0.2, -0.15) is 0 Å². The topological polar surface area (TPSA) is 21.6 Å². The average Bonchev–Trinajstić information content (AvgIpc) is 3.17. The number of benzene rings is 3. The van der Waals surface area contributed by atoms with Crippen LogP contribution in [0.2, 0.25) is 0 Å². The Morgan fingerprint density at radius 3 is 2.33 bits per heavy atom. The number of hydrogen-bond acceptors (Lipinski definition) is 2. The lowest BCUT2D eigenvalue weighted by atomic mass is 9.93. The minimum Gasteiger partial charge on any atom is -0.475 e. The molecule has 0 N–H and O–H groups in total. The van der Waals surface area contributed by atoms with E-state index in [1.807, 2.05) is 48.5 Å². The highest BCUT2D eigenvalue weighted by atomic mass is 19.1. The monoisotopic (exact) mass is 359 g/mol. The Labute approximate surface area is 156 Å². The van der Waals surface area contributed by atoms with E-state index in [0.717, 1.165) is 16.7 Å². The Bertz CT molecular complexity index is 1050. The number of hydrogen-bond donors (Lipinski definition) is 0. The van der Waals surface area contributed by atoms with E-state index < -0.39 is 17.7 Å². The van der Waals surface area contributed by atoms with Crippen LogP contribution in [0.25, 0.3) is 11.1 Å². The molecule has 0 saturated carbocycles. The molecule has 0 aliphatic carbocycles. The third-order valence-electron chi connectivity index (χ3n) is 4.51. The Morgan fingerprint density at radius 2 is 1.63 bits per heavy atom. The molecule has 3 aromatic rings. The van der Waals surface area contributed by atoms with Crippen molar-refractivity contribution in [3.05, 3.63) is 95.1 Å². The van der Waals surface area contributed by atoms with Crippen LogP contribution in [0.15, 0.2) is 71.7 Å². The Kier molecular flexibility index (Phi) is 4.43. The van der Waals surface area contributed by atoms with E-state index in [2.05, 4.69) is 10.9 Å². The predicted octanol–water partition coefficient (Wildman–Crippen LogP) is 5.13. The average molecular weight is 359 g/mol. The molecule has 1 aliphatic rings. The van der Waals surface area contributed by atoms with Crippen molar-refractivity contribution in [3.63, 3.8) is 0 Å². The summed E-state index contributed by atoms with van der Waals surface area (Å²) >= 11 is 0. The minimum atomic E-state index is -0.704. The van der Waals surface area contributed by atoms with Gasteiger partial charge in [-0.3, -0.25) is 0 Å². The van der Waals surface area contributed by atoms with Crippen molar-refractivity contribution in [2.75, 3.05) is 6.61 Å². The lowest BCUT2D eigenvalue weighted by molar-refractivity contribution is 0.317. The molecule has 4 rings (SSSR count). The van der Waals surface area contributed by atoms with Crippen LogP contribution in [0.4, 0.5) is 8.78 Å². The zero-order valence-electron chi connectivity index (χ0n) is 14.3. The van der Waals surface area contributed by atoms with Crippen LogP contribution in [0.3, 0.4) is 0 Å². The van der Waals surface area contributed by atoms with E-state index in [1.165, 1.54) is 18.2 Å². The Balaban J connectivity index is 1.77. The number of nitrogens with zero attached hydrogens (tertiary/aromatic N) is 1. The first-order valence-electron chi connectivity index (χ1n) is 8.49. The van der Waals surface area contributed by atoms with Crippen LogP contribution in [0.5, 0.6) is 0 Å². The molecule has 27 heavy (non-hydrogen) atoms. The first kappa shape index (κ1) is 17.0. The van der Waals surface area contributed by atoms with E-state index in [1.54, 1.807) is 0 Å². The van der Waals surface area contributed by atoms with Gasteiger partial charge < -0.3 is 4.74 Å². The second-order valence-electron chi connectivity index (χ2n) is 6.14. The zero-order valence-corrected chi connectivity index (χ0v) is 14.3. The molecule has 2 nitrogen and oxygen atoms in total. The third kappa shape index (κ3) is 3.09. The SMILES string of the molecule is C#Cc1c(-c2ccccc2)cccc1C1COC(c2c(F)cccc2F)=N1. The molecule has 1 atom stereocenters. The van der Waals surface area contributed by atoms with Gasteiger partial charge in [-0.1, -0.05) is 60.5 Å². The van der Waals surface area contributed by atoms with Gasteiger partial charge in [0.15, 0.2) is 0 Å². The van der Waals surface area contributed by atoms with Gasteiger partial charge in [0.2, 0.25) is 5.90 Å². The molecule has 1 unspecified atom stereocenters. The molecular weight excluding hydrogens is 344 g/mol. The van der Waals surface area contributed by atoms with Gasteiger partial charge in [0.05, 0.1) is 0 Å². The summed E-state index contributed by atoms with van der Waals surface area (Å²) < 4.78 is 33.6. The molecule has 0 saturated heterocycles. The maximum Gasteiger partial charge on any atom is 0.222 e. The van der Waals surface area contributed by atoms with Crippen LogP contribution in [0, 0.1) is 24.0 Å². The normalized spacial score (nSPS) is 15.7. The standard InChI is InChI=1S/C23H15F2NO/c1-2-16-17(15-8-4-3-5-9-15)10-6-11-18(16)21-14-27-23(26-21)22-19(24)12-7-13-20(22)25/h1,3-13,21H,14H2. The highest BCUT2D eigenvalue weighted by Crippen LogP contribution is 2.33. The summed E-state index contributed by atoms with van der Waals surface area (Å²) in [5, 5.41) is 0. The second-order valence-corrected chi connectivity index (χ2v) is 6.14. The summed E-state index contributed by atoms with van der Waals surface area (Å²) in [5.74, 6) is 1.30. The minimum absolute atomic E-state index is 0.0383. The predicted molar refractivity (Wildman–Crippen MR) is 101 cm³/mol. The summed E-state index contributed by atoms with van der Waals surface area (Å²) in [6.07, 6.45) is 5.79. The van der Waals surface area contributed by atoms with Crippen LogP contribution in [-0.4, -0.2) is 12.5 Å². The number of aliphatic imine (C=N–C) groups is 1. The summed E-state index contributed by atoms with van der Waals surface area (Å²) in [6.45, 7) is 0.177. The van der Waals surface area contributed by atoms with Crippen molar-refractivity contribution in [2.24, 2.45) is 4.99 Å². The summed E-state index contributed by atoms with van der Waals surface area (Å²) in [7, 11) is 0. The molecule has 1 heterocycles. The summed E-state index contributed by atoms with van der Waals surface area (Å²) in [6, 6.07) is 18.8. The first-order chi connectivity index (χ1) is 13.2. The number of rotatable bonds is 3. The van der Waals surface area contributed by atoms with Crippen molar-refractivity contribution in [2.45, 2.75) is 6.04 Å². The Hall–Kier alpha value is -3.45. The van der Waals surface area contributed by atoms with Crippen molar-refractivity contribution in [1.29, 1.82) is 0 Å². The largest absolute Gasteiger partial charge is 0.475 e. The molecule has 0 bridgehead atoms. The van der Waals surface area contributed by atoms with Crippen molar-refractivity contribution in [1.82, 2.24) is 0 Å². The van der Waals surface area contributed by atoms with Crippen LogP contribution >= 0.6 is 0 Å². The fraction of sp³-hybridized carbons (Fsp3) is 0.0870. The van der Waals surface area contributed by atoms with Crippen molar-refractivity contribution >= 4 is 5.90 Å². The van der Waals surface area contributed by atoms with Crippen molar-refractivity contribution in [3.8, 4) is 23.5 Å². The van der Waals surface area contributed by atoms with Crippen LogP contribution in [0.1, 0.15) is 22.7 Å². The maximum atomic E-state index is 14.0. The number of halogens is 2. The highest BCUT2D eigenvalue weighted by molar-refractivity contribution is 5.95.